The topological polar surface area (TPSA) is 39.9 Å². The highest BCUT2D eigenvalue weighted by atomic mass is 16.3. The molecule has 1 aromatic heterocycles. The molecule has 16 heavy (non-hydrogen) atoms. The van der Waals surface area contributed by atoms with Gasteiger partial charge < -0.3 is 14.4 Å². The van der Waals surface area contributed by atoms with Gasteiger partial charge in [0.25, 0.3) is 0 Å². The van der Waals surface area contributed by atoms with Crippen molar-refractivity contribution in [2.75, 3.05) is 33.3 Å². The fraction of sp³-hybridized carbons (Fsp3) is 0.667. The minimum atomic E-state index is 0.213. The van der Waals surface area contributed by atoms with Gasteiger partial charge in [-0.05, 0) is 32.1 Å². The largest absolute Gasteiger partial charge is 0.468 e. The SMILES string of the molecule is CN1CCCN(Cc2ccco2)C(CO)C1. The Morgan fingerprint density at radius 3 is 3.06 bits per heavy atom. The maximum atomic E-state index is 9.43. The van der Waals surface area contributed by atoms with Crippen molar-refractivity contribution in [3.63, 3.8) is 0 Å². The first-order chi connectivity index (χ1) is 7.79. The van der Waals surface area contributed by atoms with Crippen LogP contribution in [0.4, 0.5) is 0 Å². The summed E-state index contributed by atoms with van der Waals surface area (Å²) >= 11 is 0. The van der Waals surface area contributed by atoms with Crippen LogP contribution in [0.15, 0.2) is 22.8 Å². The maximum absolute atomic E-state index is 9.43. The zero-order chi connectivity index (χ0) is 11.4. The lowest BCUT2D eigenvalue weighted by Crippen LogP contribution is -2.42. The summed E-state index contributed by atoms with van der Waals surface area (Å²) in [7, 11) is 2.11. The molecule has 0 aromatic carbocycles. The zero-order valence-corrected chi connectivity index (χ0v) is 9.80. The molecular weight excluding hydrogens is 204 g/mol. The number of hydrogen-bond donors (Lipinski definition) is 1. The molecule has 1 aliphatic heterocycles. The van der Waals surface area contributed by atoms with Crippen LogP contribution in [0.2, 0.25) is 0 Å². The molecule has 0 bridgehead atoms. The first-order valence-corrected chi connectivity index (χ1v) is 5.85. The second kappa shape index (κ2) is 5.48. The van der Waals surface area contributed by atoms with Crippen LogP contribution in [0.5, 0.6) is 0 Å². The Kier molecular flexibility index (Phi) is 3.98. The van der Waals surface area contributed by atoms with Crippen molar-refractivity contribution in [2.24, 2.45) is 0 Å². The summed E-state index contributed by atoms with van der Waals surface area (Å²) in [6.45, 7) is 4.07. The summed E-state index contributed by atoms with van der Waals surface area (Å²) in [5, 5.41) is 9.43. The lowest BCUT2D eigenvalue weighted by Gasteiger charge is -2.28. The molecule has 0 radical (unpaired) electrons. The molecule has 90 valence electrons. The van der Waals surface area contributed by atoms with Crippen LogP contribution in [0.25, 0.3) is 0 Å². The van der Waals surface area contributed by atoms with E-state index in [1.165, 1.54) is 0 Å². The summed E-state index contributed by atoms with van der Waals surface area (Å²) in [5.41, 5.74) is 0. The van der Waals surface area contributed by atoms with Gasteiger partial charge in [0.1, 0.15) is 5.76 Å². The van der Waals surface area contributed by atoms with Gasteiger partial charge >= 0.3 is 0 Å². The predicted octanol–water partition coefficient (Wildman–Crippen LogP) is 0.778. The van der Waals surface area contributed by atoms with E-state index in [0.717, 1.165) is 38.4 Å². The minimum Gasteiger partial charge on any atom is -0.468 e. The first-order valence-electron chi connectivity index (χ1n) is 5.85. The summed E-state index contributed by atoms with van der Waals surface area (Å²) in [5.74, 6) is 0.975. The van der Waals surface area contributed by atoms with Crippen LogP contribution in [-0.2, 0) is 6.54 Å². The molecule has 0 saturated carbocycles. The van der Waals surface area contributed by atoms with E-state index in [9.17, 15) is 5.11 Å². The highest BCUT2D eigenvalue weighted by Gasteiger charge is 2.23. The third-order valence-electron chi connectivity index (χ3n) is 3.17. The molecule has 1 N–H and O–H groups in total. The molecule has 2 rings (SSSR count). The van der Waals surface area contributed by atoms with Crippen LogP contribution < -0.4 is 0 Å². The van der Waals surface area contributed by atoms with Gasteiger partial charge in [-0.2, -0.15) is 0 Å². The van der Waals surface area contributed by atoms with Crippen LogP contribution in [0.3, 0.4) is 0 Å². The van der Waals surface area contributed by atoms with Gasteiger partial charge in [-0.3, -0.25) is 4.90 Å². The molecule has 4 nitrogen and oxygen atoms in total. The lowest BCUT2D eigenvalue weighted by molar-refractivity contribution is 0.105. The van der Waals surface area contributed by atoms with E-state index in [1.807, 2.05) is 12.1 Å². The fourth-order valence-corrected chi connectivity index (χ4v) is 2.28. The standard InChI is InChI=1S/C12H20N2O2/c1-13-5-3-6-14(11(8-13)10-15)9-12-4-2-7-16-12/h2,4,7,11,15H,3,5-6,8-10H2,1H3. The summed E-state index contributed by atoms with van der Waals surface area (Å²) in [6.07, 6.45) is 2.85. The molecule has 0 spiro atoms. The summed E-state index contributed by atoms with van der Waals surface area (Å²) in [4.78, 5) is 4.59. The first kappa shape index (κ1) is 11.6. The molecular formula is C12H20N2O2. The average molecular weight is 224 g/mol. The third-order valence-corrected chi connectivity index (χ3v) is 3.17. The van der Waals surface area contributed by atoms with E-state index in [0.29, 0.717) is 0 Å². The monoisotopic (exact) mass is 224 g/mol. The number of nitrogens with zero attached hydrogens (tertiary/aromatic N) is 2. The maximum Gasteiger partial charge on any atom is 0.117 e. The Hall–Kier alpha value is -0.840. The van der Waals surface area contributed by atoms with Crippen molar-refractivity contribution in [1.82, 2.24) is 9.80 Å². The minimum absolute atomic E-state index is 0.213. The number of aliphatic hydroxyl groups is 1. The number of rotatable bonds is 3. The quantitative estimate of drug-likeness (QED) is 0.823. The van der Waals surface area contributed by atoms with E-state index in [-0.39, 0.29) is 12.6 Å². The van der Waals surface area contributed by atoms with E-state index in [4.69, 9.17) is 4.42 Å². The summed E-state index contributed by atoms with van der Waals surface area (Å²) < 4.78 is 5.36. The Bertz CT molecular complexity index is 300. The number of aliphatic hydroxyl groups excluding tert-OH is 1. The van der Waals surface area contributed by atoms with Crippen molar-refractivity contribution in [2.45, 2.75) is 19.0 Å². The predicted molar refractivity (Wildman–Crippen MR) is 62.1 cm³/mol. The highest BCUT2D eigenvalue weighted by Crippen LogP contribution is 2.13. The molecule has 1 atom stereocenters. The van der Waals surface area contributed by atoms with Gasteiger partial charge in [0.15, 0.2) is 0 Å². The molecule has 1 fully saturated rings. The molecule has 1 saturated heterocycles. The van der Waals surface area contributed by atoms with Crippen LogP contribution >= 0.6 is 0 Å². The van der Waals surface area contributed by atoms with Crippen LogP contribution in [0.1, 0.15) is 12.2 Å². The van der Waals surface area contributed by atoms with Crippen molar-refractivity contribution >= 4 is 0 Å². The van der Waals surface area contributed by atoms with E-state index < -0.39 is 0 Å². The number of hydrogen-bond acceptors (Lipinski definition) is 4. The lowest BCUT2D eigenvalue weighted by atomic mass is 10.2. The van der Waals surface area contributed by atoms with Crippen molar-refractivity contribution in [3.8, 4) is 0 Å². The molecule has 2 heterocycles. The van der Waals surface area contributed by atoms with Gasteiger partial charge in [0.05, 0.1) is 19.4 Å². The Morgan fingerprint density at radius 2 is 2.38 bits per heavy atom. The van der Waals surface area contributed by atoms with E-state index in [2.05, 4.69) is 16.8 Å². The Labute approximate surface area is 96.5 Å². The van der Waals surface area contributed by atoms with Crippen molar-refractivity contribution in [1.29, 1.82) is 0 Å². The molecule has 1 unspecified atom stereocenters. The number of likely N-dealkylation sites (N-methyl/N-ethyl adjacent to an activating group) is 1. The average Bonchev–Trinajstić information content (AvgIpc) is 2.70. The smallest absolute Gasteiger partial charge is 0.117 e. The number of furan rings is 1. The van der Waals surface area contributed by atoms with Crippen molar-refractivity contribution in [3.05, 3.63) is 24.2 Å². The molecule has 1 aliphatic rings. The van der Waals surface area contributed by atoms with E-state index >= 15 is 0 Å². The molecule has 1 aromatic rings. The van der Waals surface area contributed by atoms with Gasteiger partial charge in [0.2, 0.25) is 0 Å². The van der Waals surface area contributed by atoms with Gasteiger partial charge in [-0.15, -0.1) is 0 Å². The Morgan fingerprint density at radius 1 is 1.50 bits per heavy atom. The second-order valence-electron chi connectivity index (χ2n) is 4.50. The highest BCUT2D eigenvalue weighted by molar-refractivity contribution is 4.98. The normalized spacial score (nSPS) is 24.5. The van der Waals surface area contributed by atoms with Gasteiger partial charge in [-0.1, -0.05) is 0 Å². The Balaban J connectivity index is 2.00. The van der Waals surface area contributed by atoms with Crippen LogP contribution in [0, 0.1) is 0 Å². The fourth-order valence-electron chi connectivity index (χ4n) is 2.28. The van der Waals surface area contributed by atoms with E-state index in [1.54, 1.807) is 6.26 Å². The molecule has 0 aliphatic carbocycles. The summed E-state index contributed by atoms with van der Waals surface area (Å²) in [6, 6.07) is 4.12. The third kappa shape index (κ3) is 2.84. The van der Waals surface area contributed by atoms with Crippen molar-refractivity contribution < 1.29 is 9.52 Å². The van der Waals surface area contributed by atoms with Gasteiger partial charge in [-0.25, -0.2) is 0 Å². The molecule has 0 amide bonds. The zero-order valence-electron chi connectivity index (χ0n) is 9.80. The van der Waals surface area contributed by atoms with Gasteiger partial charge in [0, 0.05) is 19.1 Å². The van der Waals surface area contributed by atoms with Crippen LogP contribution in [-0.4, -0.2) is 54.2 Å². The molecule has 4 heteroatoms. The second-order valence-corrected chi connectivity index (χ2v) is 4.50.